The average Bonchev–Trinajstić information content (AvgIpc) is 3.28. The van der Waals surface area contributed by atoms with Gasteiger partial charge in [-0.05, 0) is 17.0 Å². The highest BCUT2D eigenvalue weighted by atomic mass is 16.2. The molecule has 1 amide bonds. The summed E-state index contributed by atoms with van der Waals surface area (Å²) >= 11 is 0. The number of hydrogen-bond donors (Lipinski definition) is 1. The molecule has 1 unspecified atom stereocenters. The minimum Gasteiger partial charge on any atom is -0.348 e. The van der Waals surface area contributed by atoms with Crippen LogP contribution in [0.1, 0.15) is 12.8 Å². The Labute approximate surface area is 183 Å². The highest BCUT2D eigenvalue weighted by Crippen LogP contribution is 2.29. The minimum absolute atomic E-state index is 0.185. The standard InChI is InChI=1S/C25H29N5O/c1-28(2)25(31)23-16-29-13-12-21(23)14-22(29)15-30-17-24(26-27-30)20-10-8-19(9-11-20)18-6-4-3-5-7-18/h3-11,17,21-23H,12-16H2,1-2H3/p+1/t21-,22-,23+/m1/s1. The van der Waals surface area contributed by atoms with Crippen molar-refractivity contribution in [3.8, 4) is 22.4 Å². The van der Waals surface area contributed by atoms with E-state index in [-0.39, 0.29) is 5.92 Å². The summed E-state index contributed by atoms with van der Waals surface area (Å²) in [5.41, 5.74) is 4.41. The van der Waals surface area contributed by atoms with Crippen LogP contribution >= 0.6 is 0 Å². The third-order valence-corrected chi connectivity index (χ3v) is 7.04. The Hall–Kier alpha value is -2.99. The largest absolute Gasteiger partial charge is 0.348 e. The molecule has 0 radical (unpaired) electrons. The molecule has 1 aromatic heterocycles. The average molecular weight is 417 g/mol. The van der Waals surface area contributed by atoms with Crippen LogP contribution in [-0.2, 0) is 11.3 Å². The van der Waals surface area contributed by atoms with E-state index < -0.39 is 0 Å². The third kappa shape index (κ3) is 4.00. The zero-order chi connectivity index (χ0) is 21.4. The van der Waals surface area contributed by atoms with Gasteiger partial charge >= 0.3 is 0 Å². The number of amides is 1. The van der Waals surface area contributed by atoms with Gasteiger partial charge in [0.2, 0.25) is 5.91 Å². The predicted octanol–water partition coefficient (Wildman–Crippen LogP) is 1.99. The van der Waals surface area contributed by atoms with E-state index in [1.54, 1.807) is 9.80 Å². The van der Waals surface area contributed by atoms with Gasteiger partial charge in [-0.15, -0.1) is 5.10 Å². The lowest BCUT2D eigenvalue weighted by atomic mass is 9.75. The number of nitrogens with zero attached hydrogens (tertiary/aromatic N) is 4. The van der Waals surface area contributed by atoms with E-state index in [2.05, 4.69) is 65.0 Å². The molecule has 3 aliphatic rings. The maximum absolute atomic E-state index is 12.5. The highest BCUT2D eigenvalue weighted by molar-refractivity contribution is 5.78. The first kappa shape index (κ1) is 19.9. The Morgan fingerprint density at radius 3 is 2.45 bits per heavy atom. The SMILES string of the molecule is CN(C)C(=O)[C@H]1C[NH+]2CC[C@@H]1C[C@@H]2Cn1cc(-c2ccc(-c3ccccc3)cc2)nn1. The van der Waals surface area contributed by atoms with Crippen molar-refractivity contribution in [2.45, 2.75) is 25.4 Å². The van der Waals surface area contributed by atoms with Crippen LogP contribution in [0.4, 0.5) is 0 Å². The van der Waals surface area contributed by atoms with Crippen molar-refractivity contribution < 1.29 is 9.69 Å². The first-order valence-corrected chi connectivity index (χ1v) is 11.2. The summed E-state index contributed by atoms with van der Waals surface area (Å²) in [7, 11) is 3.74. The van der Waals surface area contributed by atoms with Gasteiger partial charge in [-0.2, -0.15) is 0 Å². The van der Waals surface area contributed by atoms with Gasteiger partial charge in [-0.1, -0.05) is 59.8 Å². The van der Waals surface area contributed by atoms with Crippen LogP contribution in [0.3, 0.4) is 0 Å². The lowest BCUT2D eigenvalue weighted by Crippen LogP contribution is -3.20. The van der Waals surface area contributed by atoms with E-state index in [9.17, 15) is 4.79 Å². The zero-order valence-electron chi connectivity index (χ0n) is 18.2. The van der Waals surface area contributed by atoms with E-state index >= 15 is 0 Å². The zero-order valence-corrected chi connectivity index (χ0v) is 18.2. The first-order chi connectivity index (χ1) is 15.1. The van der Waals surface area contributed by atoms with Crippen molar-refractivity contribution in [3.05, 3.63) is 60.8 Å². The molecule has 3 aromatic rings. The second-order valence-corrected chi connectivity index (χ2v) is 9.20. The molecule has 2 bridgehead atoms. The fourth-order valence-electron chi connectivity index (χ4n) is 5.34. The monoisotopic (exact) mass is 416 g/mol. The molecule has 3 saturated heterocycles. The fourth-order valence-corrected chi connectivity index (χ4v) is 5.34. The van der Waals surface area contributed by atoms with Crippen LogP contribution in [0.25, 0.3) is 22.4 Å². The first-order valence-electron chi connectivity index (χ1n) is 11.2. The maximum Gasteiger partial charge on any atom is 0.231 e. The van der Waals surface area contributed by atoms with Crippen LogP contribution < -0.4 is 4.90 Å². The van der Waals surface area contributed by atoms with Crippen LogP contribution in [-0.4, -0.2) is 59.0 Å². The molecule has 6 heteroatoms. The number of carbonyl (C=O) groups is 1. The number of rotatable bonds is 5. The van der Waals surface area contributed by atoms with Gasteiger partial charge < -0.3 is 9.80 Å². The van der Waals surface area contributed by atoms with Crippen LogP contribution in [0.5, 0.6) is 0 Å². The molecule has 6 nitrogen and oxygen atoms in total. The molecule has 0 saturated carbocycles. The molecular weight excluding hydrogens is 386 g/mol. The summed E-state index contributed by atoms with van der Waals surface area (Å²) in [5, 5.41) is 8.84. The molecule has 31 heavy (non-hydrogen) atoms. The topological polar surface area (TPSA) is 55.5 Å². The van der Waals surface area contributed by atoms with Crippen molar-refractivity contribution in [2.24, 2.45) is 11.8 Å². The Morgan fingerprint density at radius 1 is 1.06 bits per heavy atom. The van der Waals surface area contributed by atoms with Crippen molar-refractivity contribution in [2.75, 3.05) is 27.2 Å². The molecular formula is C25H30N5O+. The number of nitrogens with one attached hydrogen (secondary N) is 1. The molecule has 2 aromatic carbocycles. The van der Waals surface area contributed by atoms with Crippen molar-refractivity contribution in [1.82, 2.24) is 19.9 Å². The van der Waals surface area contributed by atoms with E-state index in [1.807, 2.05) is 24.8 Å². The Kier molecular flexibility index (Phi) is 5.32. The quantitative estimate of drug-likeness (QED) is 0.692. The molecule has 1 N–H and O–H groups in total. The molecule has 3 fully saturated rings. The number of fused-ring (bicyclic) bond motifs is 3. The second kappa shape index (κ2) is 8.27. The molecule has 6 rings (SSSR count). The lowest BCUT2D eigenvalue weighted by molar-refractivity contribution is -0.945. The minimum atomic E-state index is 0.185. The predicted molar refractivity (Wildman–Crippen MR) is 120 cm³/mol. The van der Waals surface area contributed by atoms with E-state index in [4.69, 9.17) is 0 Å². The van der Waals surface area contributed by atoms with Gasteiger partial charge in [0.1, 0.15) is 11.7 Å². The van der Waals surface area contributed by atoms with Gasteiger partial charge in [0.05, 0.1) is 31.7 Å². The van der Waals surface area contributed by atoms with Crippen LogP contribution in [0.15, 0.2) is 60.8 Å². The van der Waals surface area contributed by atoms with E-state index in [1.165, 1.54) is 11.1 Å². The highest BCUT2D eigenvalue weighted by Gasteiger charge is 2.47. The van der Waals surface area contributed by atoms with Gasteiger partial charge in [0, 0.05) is 32.5 Å². The molecule has 4 heterocycles. The van der Waals surface area contributed by atoms with Gasteiger partial charge in [0.25, 0.3) is 0 Å². The van der Waals surface area contributed by atoms with Crippen molar-refractivity contribution in [1.29, 1.82) is 0 Å². The van der Waals surface area contributed by atoms with Gasteiger partial charge in [0.15, 0.2) is 0 Å². The van der Waals surface area contributed by atoms with Crippen LogP contribution in [0.2, 0.25) is 0 Å². The fraction of sp³-hybridized carbons (Fsp3) is 0.400. The molecule has 0 spiro atoms. The van der Waals surface area contributed by atoms with Gasteiger partial charge in [-0.25, -0.2) is 4.68 Å². The molecule has 0 aliphatic carbocycles. The van der Waals surface area contributed by atoms with Crippen molar-refractivity contribution in [3.63, 3.8) is 0 Å². The molecule has 4 atom stereocenters. The third-order valence-electron chi connectivity index (χ3n) is 7.04. The number of piperidine rings is 3. The van der Waals surface area contributed by atoms with E-state index in [0.717, 1.165) is 43.7 Å². The molecule has 3 aliphatic heterocycles. The summed E-state index contributed by atoms with van der Waals surface area (Å²) in [6.07, 6.45) is 4.32. The number of benzene rings is 2. The van der Waals surface area contributed by atoms with Crippen LogP contribution in [0, 0.1) is 11.8 Å². The Morgan fingerprint density at radius 2 is 1.77 bits per heavy atom. The summed E-state index contributed by atoms with van der Waals surface area (Å²) in [6, 6.07) is 19.4. The maximum atomic E-state index is 12.5. The Bertz CT molecular complexity index is 1040. The number of hydrogen-bond acceptors (Lipinski definition) is 3. The normalized spacial score (nSPS) is 24.8. The summed E-state index contributed by atoms with van der Waals surface area (Å²) in [4.78, 5) is 15.8. The Balaban J connectivity index is 1.25. The van der Waals surface area contributed by atoms with Crippen molar-refractivity contribution >= 4 is 5.91 Å². The summed E-state index contributed by atoms with van der Waals surface area (Å²) in [5.74, 6) is 0.984. The molecule has 160 valence electrons. The smallest absolute Gasteiger partial charge is 0.231 e. The lowest BCUT2D eigenvalue weighted by Gasteiger charge is -2.46. The number of carbonyl (C=O) groups excluding carboxylic acids is 1. The second-order valence-electron chi connectivity index (χ2n) is 9.20. The summed E-state index contributed by atoms with van der Waals surface area (Å²) in [6.45, 7) is 2.98. The van der Waals surface area contributed by atoms with Gasteiger partial charge in [-0.3, -0.25) is 4.79 Å². The number of aromatic nitrogens is 3. The summed E-state index contributed by atoms with van der Waals surface area (Å²) < 4.78 is 1.99. The van der Waals surface area contributed by atoms with E-state index in [0.29, 0.717) is 17.9 Å². The number of quaternary nitrogens is 1.